The maximum atomic E-state index is 12.4. The molecule has 1 aromatic heterocycles. The molecule has 140 valence electrons. The Bertz CT molecular complexity index is 1160. The van der Waals surface area contributed by atoms with Gasteiger partial charge in [-0.2, -0.15) is 0 Å². The summed E-state index contributed by atoms with van der Waals surface area (Å²) in [6.07, 6.45) is 1.20. The smallest absolute Gasteiger partial charge is 0.336 e. The second-order valence-electron chi connectivity index (χ2n) is 6.58. The minimum Gasteiger partial charge on any atom is -0.423 e. The summed E-state index contributed by atoms with van der Waals surface area (Å²) in [4.78, 5) is 24.1. The molecule has 0 fully saturated rings. The van der Waals surface area contributed by atoms with Gasteiger partial charge >= 0.3 is 5.63 Å². The van der Waals surface area contributed by atoms with Gasteiger partial charge in [0.1, 0.15) is 5.58 Å². The van der Waals surface area contributed by atoms with Crippen LogP contribution in [0.2, 0.25) is 0 Å². The third-order valence-electron chi connectivity index (χ3n) is 4.00. The molecule has 0 bridgehead atoms. The van der Waals surface area contributed by atoms with Crippen LogP contribution in [0, 0.1) is 6.92 Å². The van der Waals surface area contributed by atoms with Crippen molar-refractivity contribution in [3.05, 3.63) is 75.6 Å². The van der Waals surface area contributed by atoms with Crippen molar-refractivity contribution in [1.29, 1.82) is 0 Å². The Hall–Kier alpha value is -2.93. The summed E-state index contributed by atoms with van der Waals surface area (Å²) in [5.74, 6) is -0.328. The van der Waals surface area contributed by atoms with Crippen LogP contribution in [-0.4, -0.2) is 20.6 Å². The molecule has 3 aromatic rings. The third-order valence-corrected chi connectivity index (χ3v) is 4.86. The number of sulfone groups is 1. The fourth-order valence-corrected chi connectivity index (χ4v) is 3.65. The van der Waals surface area contributed by atoms with Crippen molar-refractivity contribution in [2.45, 2.75) is 19.1 Å². The highest BCUT2D eigenvalue weighted by molar-refractivity contribution is 7.89. The fraction of sp³-hybridized carbons (Fsp3) is 0.200. The first-order valence-electron chi connectivity index (χ1n) is 8.29. The Labute approximate surface area is 156 Å². The van der Waals surface area contributed by atoms with Gasteiger partial charge in [0.25, 0.3) is 0 Å². The zero-order valence-electron chi connectivity index (χ0n) is 15.0. The van der Waals surface area contributed by atoms with E-state index < -0.39 is 15.5 Å². The number of carbonyl (C=O) groups is 1. The second-order valence-corrected chi connectivity index (χ2v) is 8.72. The highest BCUT2D eigenvalue weighted by Crippen LogP contribution is 2.19. The van der Waals surface area contributed by atoms with Crippen molar-refractivity contribution >= 4 is 32.4 Å². The number of hydrogen-bond acceptors (Lipinski definition) is 5. The lowest BCUT2D eigenvalue weighted by Gasteiger charge is -2.08. The molecule has 0 aliphatic heterocycles. The van der Waals surface area contributed by atoms with Crippen LogP contribution in [0.3, 0.4) is 0 Å². The number of nitrogens with one attached hydrogen (secondary N) is 1. The quantitative estimate of drug-likeness (QED) is 0.682. The summed E-state index contributed by atoms with van der Waals surface area (Å²) in [6.45, 7) is 1.90. The SMILES string of the molecule is Cc1ccc2c(CC(=O)Nc3ccc(CS(C)(=O)=O)cc3)cc(=O)oc2c1. The van der Waals surface area contributed by atoms with E-state index in [0.717, 1.165) is 10.9 Å². The van der Waals surface area contributed by atoms with Gasteiger partial charge in [-0.3, -0.25) is 4.79 Å². The molecule has 0 saturated carbocycles. The molecule has 7 heteroatoms. The van der Waals surface area contributed by atoms with Gasteiger partial charge in [0.05, 0.1) is 12.2 Å². The largest absolute Gasteiger partial charge is 0.423 e. The summed E-state index contributed by atoms with van der Waals surface area (Å²) in [6, 6.07) is 13.4. The van der Waals surface area contributed by atoms with Crippen LogP contribution in [0.15, 0.2) is 57.7 Å². The van der Waals surface area contributed by atoms with Gasteiger partial charge in [-0.05, 0) is 41.8 Å². The standard InChI is InChI=1S/C20H19NO5S/c1-13-3-8-17-15(11-20(23)26-18(17)9-13)10-19(22)21-16-6-4-14(5-7-16)12-27(2,24)25/h3-9,11H,10,12H2,1-2H3,(H,21,22). The van der Waals surface area contributed by atoms with E-state index in [4.69, 9.17) is 4.42 Å². The molecule has 1 N–H and O–H groups in total. The first-order valence-corrected chi connectivity index (χ1v) is 10.4. The molecule has 1 amide bonds. The first-order chi connectivity index (χ1) is 12.7. The molecule has 0 saturated heterocycles. The molecule has 27 heavy (non-hydrogen) atoms. The highest BCUT2D eigenvalue weighted by Gasteiger charge is 2.11. The van der Waals surface area contributed by atoms with E-state index >= 15 is 0 Å². The minimum atomic E-state index is -3.11. The van der Waals surface area contributed by atoms with Crippen LogP contribution in [0.25, 0.3) is 11.0 Å². The number of fused-ring (bicyclic) bond motifs is 1. The van der Waals surface area contributed by atoms with E-state index in [2.05, 4.69) is 5.32 Å². The Balaban J connectivity index is 1.76. The Morgan fingerprint density at radius 3 is 2.44 bits per heavy atom. The average molecular weight is 385 g/mol. The topological polar surface area (TPSA) is 93.5 Å². The molecule has 0 aliphatic carbocycles. The lowest BCUT2D eigenvalue weighted by molar-refractivity contribution is -0.115. The summed E-state index contributed by atoms with van der Waals surface area (Å²) < 4.78 is 27.8. The number of hydrogen-bond donors (Lipinski definition) is 1. The lowest BCUT2D eigenvalue weighted by Crippen LogP contribution is -2.16. The van der Waals surface area contributed by atoms with Crippen molar-refractivity contribution in [2.24, 2.45) is 0 Å². The maximum Gasteiger partial charge on any atom is 0.336 e. The van der Waals surface area contributed by atoms with Crippen molar-refractivity contribution in [2.75, 3.05) is 11.6 Å². The van der Waals surface area contributed by atoms with E-state index in [9.17, 15) is 18.0 Å². The third kappa shape index (κ3) is 5.04. The number of benzene rings is 2. The monoisotopic (exact) mass is 385 g/mol. The molecule has 0 atom stereocenters. The summed E-state index contributed by atoms with van der Waals surface area (Å²) in [7, 11) is -3.11. The molecule has 0 spiro atoms. The highest BCUT2D eigenvalue weighted by atomic mass is 32.2. The number of anilines is 1. The zero-order chi connectivity index (χ0) is 19.6. The predicted octanol–water partition coefficient (Wildman–Crippen LogP) is 2.83. The molecule has 0 radical (unpaired) electrons. The molecule has 1 heterocycles. The predicted molar refractivity (Wildman–Crippen MR) is 105 cm³/mol. The summed E-state index contributed by atoms with van der Waals surface area (Å²) in [5.41, 5.74) is 2.71. The zero-order valence-corrected chi connectivity index (χ0v) is 15.8. The first kappa shape index (κ1) is 18.8. The second kappa shape index (κ2) is 7.36. The van der Waals surface area contributed by atoms with Crippen LogP contribution >= 0.6 is 0 Å². The van der Waals surface area contributed by atoms with Gasteiger partial charge in [-0.25, -0.2) is 13.2 Å². The van der Waals surface area contributed by atoms with Gasteiger partial charge in [0.15, 0.2) is 9.84 Å². The van der Waals surface area contributed by atoms with Crippen LogP contribution in [-0.2, 0) is 26.8 Å². The number of amides is 1. The average Bonchev–Trinajstić information content (AvgIpc) is 2.54. The molecule has 3 rings (SSSR count). The van der Waals surface area contributed by atoms with E-state index in [1.54, 1.807) is 30.3 Å². The Kier molecular flexibility index (Phi) is 5.14. The lowest BCUT2D eigenvalue weighted by atomic mass is 10.1. The molecular weight excluding hydrogens is 366 g/mol. The van der Waals surface area contributed by atoms with E-state index in [1.165, 1.54) is 12.3 Å². The maximum absolute atomic E-state index is 12.4. The van der Waals surface area contributed by atoms with Crippen molar-refractivity contribution in [3.8, 4) is 0 Å². The van der Waals surface area contributed by atoms with Crippen molar-refractivity contribution in [1.82, 2.24) is 0 Å². The van der Waals surface area contributed by atoms with Gasteiger partial charge in [-0.15, -0.1) is 0 Å². The molecule has 0 aliphatic rings. The Morgan fingerprint density at radius 2 is 1.78 bits per heavy atom. The van der Waals surface area contributed by atoms with Crippen molar-refractivity contribution in [3.63, 3.8) is 0 Å². The molecule has 2 aromatic carbocycles. The van der Waals surface area contributed by atoms with E-state index in [0.29, 0.717) is 22.4 Å². The van der Waals surface area contributed by atoms with Crippen LogP contribution in [0.1, 0.15) is 16.7 Å². The number of carbonyl (C=O) groups excluding carboxylic acids is 1. The fourth-order valence-electron chi connectivity index (χ4n) is 2.85. The van der Waals surface area contributed by atoms with Gasteiger partial charge < -0.3 is 9.73 Å². The van der Waals surface area contributed by atoms with Crippen LogP contribution in [0.5, 0.6) is 0 Å². The van der Waals surface area contributed by atoms with Crippen molar-refractivity contribution < 1.29 is 17.6 Å². The van der Waals surface area contributed by atoms with Gasteiger partial charge in [0, 0.05) is 23.4 Å². The summed E-state index contributed by atoms with van der Waals surface area (Å²) >= 11 is 0. The number of rotatable bonds is 5. The summed E-state index contributed by atoms with van der Waals surface area (Å²) in [5, 5.41) is 3.48. The molecule has 0 unspecified atom stereocenters. The minimum absolute atomic E-state index is 0.0241. The van der Waals surface area contributed by atoms with E-state index in [1.807, 2.05) is 19.1 Å². The normalized spacial score (nSPS) is 11.5. The molecule has 6 nitrogen and oxygen atoms in total. The number of aryl methyl sites for hydroxylation is 1. The Morgan fingerprint density at radius 1 is 1.07 bits per heavy atom. The van der Waals surface area contributed by atoms with Crippen LogP contribution < -0.4 is 10.9 Å². The molecular formula is C20H19NO5S. The van der Waals surface area contributed by atoms with Gasteiger partial charge in [0.2, 0.25) is 5.91 Å². The van der Waals surface area contributed by atoms with E-state index in [-0.39, 0.29) is 18.1 Å². The van der Waals surface area contributed by atoms with Gasteiger partial charge in [-0.1, -0.05) is 24.3 Å². The van der Waals surface area contributed by atoms with Crippen LogP contribution in [0.4, 0.5) is 5.69 Å².